The van der Waals surface area contributed by atoms with Crippen LogP contribution >= 0.6 is 0 Å². The lowest BCUT2D eigenvalue weighted by atomic mass is 10.1. The molecule has 0 radical (unpaired) electrons. The molecule has 0 unspecified atom stereocenters. The van der Waals surface area contributed by atoms with Gasteiger partial charge in [0.25, 0.3) is 5.91 Å². The normalized spacial score (nSPS) is 18.8. The largest absolute Gasteiger partial charge is 0.497 e. The first kappa shape index (κ1) is 27.3. The summed E-state index contributed by atoms with van der Waals surface area (Å²) in [5.41, 5.74) is 1.34. The summed E-state index contributed by atoms with van der Waals surface area (Å²) < 4.78 is 16.5. The van der Waals surface area contributed by atoms with E-state index in [9.17, 15) is 14.4 Å². The summed E-state index contributed by atoms with van der Waals surface area (Å²) in [5, 5.41) is 2.97. The lowest BCUT2D eigenvalue weighted by Gasteiger charge is -2.31. The van der Waals surface area contributed by atoms with Gasteiger partial charge in [-0.25, -0.2) is 0 Å². The molecular weight excluding hydrogens is 486 g/mol. The molecule has 2 fully saturated rings. The lowest BCUT2D eigenvalue weighted by molar-refractivity contribution is -0.141. The third-order valence-corrected chi connectivity index (χ3v) is 6.99. The summed E-state index contributed by atoms with van der Waals surface area (Å²) in [6.45, 7) is 6.02. The van der Waals surface area contributed by atoms with E-state index in [1.54, 1.807) is 35.1 Å². The molecule has 0 saturated carbocycles. The van der Waals surface area contributed by atoms with Gasteiger partial charge in [0.15, 0.2) is 0 Å². The van der Waals surface area contributed by atoms with Crippen molar-refractivity contribution in [1.82, 2.24) is 15.1 Å². The Hall–Kier alpha value is -3.75. The average Bonchev–Trinajstić information content (AvgIpc) is 3.62. The van der Waals surface area contributed by atoms with E-state index in [1.807, 2.05) is 38.1 Å². The van der Waals surface area contributed by atoms with Crippen molar-refractivity contribution in [2.75, 3.05) is 33.4 Å². The van der Waals surface area contributed by atoms with Crippen LogP contribution in [0.15, 0.2) is 42.5 Å². The first-order chi connectivity index (χ1) is 18.4. The summed E-state index contributed by atoms with van der Waals surface area (Å²) in [4.78, 5) is 43.6. The molecule has 4 rings (SSSR count). The van der Waals surface area contributed by atoms with Gasteiger partial charge in [-0.1, -0.05) is 12.1 Å². The Morgan fingerprint density at radius 2 is 1.53 bits per heavy atom. The van der Waals surface area contributed by atoms with E-state index in [4.69, 9.17) is 14.2 Å². The zero-order valence-corrected chi connectivity index (χ0v) is 22.4. The van der Waals surface area contributed by atoms with Gasteiger partial charge >= 0.3 is 0 Å². The molecule has 0 aliphatic carbocycles. The van der Waals surface area contributed by atoms with Crippen LogP contribution in [0.2, 0.25) is 0 Å². The minimum absolute atomic E-state index is 0.166. The summed E-state index contributed by atoms with van der Waals surface area (Å²) in [6, 6.07) is 11.5. The number of rotatable bonds is 10. The minimum atomic E-state index is -0.597. The Balaban J connectivity index is 1.45. The molecule has 2 aliphatic rings. The molecule has 1 N–H and O–H groups in total. The molecule has 9 nitrogen and oxygen atoms in total. The van der Waals surface area contributed by atoms with Gasteiger partial charge < -0.3 is 29.3 Å². The fourth-order valence-electron chi connectivity index (χ4n) is 5.21. The Kier molecular flexibility index (Phi) is 9.10. The molecule has 0 spiro atoms. The topological polar surface area (TPSA) is 97.4 Å². The highest BCUT2D eigenvalue weighted by molar-refractivity contribution is 5.99. The lowest BCUT2D eigenvalue weighted by Crippen LogP contribution is -2.52. The number of likely N-dealkylation sites (tertiary alicyclic amines) is 2. The van der Waals surface area contributed by atoms with Crippen LogP contribution in [0.5, 0.6) is 17.2 Å². The number of ether oxygens (including phenoxy) is 3. The maximum Gasteiger partial charge on any atom is 0.254 e. The summed E-state index contributed by atoms with van der Waals surface area (Å²) in [5.74, 6) is 1.25. The highest BCUT2D eigenvalue weighted by atomic mass is 16.5. The molecule has 38 heavy (non-hydrogen) atoms. The number of hydrogen-bond donors (Lipinski definition) is 1. The van der Waals surface area contributed by atoms with Gasteiger partial charge in [-0.3, -0.25) is 14.4 Å². The first-order valence-corrected chi connectivity index (χ1v) is 13.4. The average molecular weight is 524 g/mol. The van der Waals surface area contributed by atoms with Crippen molar-refractivity contribution in [3.05, 3.63) is 53.6 Å². The number of carbonyl (C=O) groups is 3. The van der Waals surface area contributed by atoms with E-state index < -0.39 is 12.1 Å². The maximum atomic E-state index is 13.7. The number of hydrogen-bond acceptors (Lipinski definition) is 6. The Morgan fingerprint density at radius 1 is 0.868 bits per heavy atom. The fourth-order valence-corrected chi connectivity index (χ4v) is 5.21. The van der Waals surface area contributed by atoms with Crippen LogP contribution in [0.4, 0.5) is 0 Å². The Bertz CT molecular complexity index is 1130. The number of carbonyl (C=O) groups excluding carboxylic acids is 3. The number of benzene rings is 2. The number of amides is 3. The highest BCUT2D eigenvalue weighted by Crippen LogP contribution is 2.29. The van der Waals surface area contributed by atoms with Gasteiger partial charge in [0.1, 0.15) is 29.3 Å². The molecular formula is C29H37N3O6. The first-order valence-electron chi connectivity index (χ1n) is 13.4. The van der Waals surface area contributed by atoms with Crippen molar-refractivity contribution in [1.29, 1.82) is 0 Å². The third kappa shape index (κ3) is 6.20. The van der Waals surface area contributed by atoms with Crippen molar-refractivity contribution in [3.63, 3.8) is 0 Å². The molecule has 2 aliphatic heterocycles. The minimum Gasteiger partial charge on any atom is -0.497 e. The van der Waals surface area contributed by atoms with Crippen molar-refractivity contribution >= 4 is 17.7 Å². The van der Waals surface area contributed by atoms with Crippen LogP contribution < -0.4 is 19.5 Å². The zero-order chi connectivity index (χ0) is 27.1. The standard InChI is InChI=1S/C29H37N3O6/c1-4-37-23-16-21(17-24(18-23)38-5-2)28(34)32-14-8-12-26(32)29(35)31-13-7-11-25(31)27(33)30-19-20-9-6-10-22(15-20)36-3/h6,9-10,15-18,25-26H,4-5,7-8,11-14,19H2,1-3H3,(H,30,33)/t25-,26-/m1/s1. The Morgan fingerprint density at radius 3 is 2.18 bits per heavy atom. The van der Waals surface area contributed by atoms with Crippen molar-refractivity contribution in [3.8, 4) is 17.2 Å². The maximum absolute atomic E-state index is 13.7. The number of methoxy groups -OCH3 is 1. The second kappa shape index (κ2) is 12.7. The molecule has 3 amide bonds. The molecule has 204 valence electrons. The second-order valence-corrected chi connectivity index (χ2v) is 9.47. The molecule has 0 aromatic heterocycles. The number of nitrogens with one attached hydrogen (secondary N) is 1. The van der Waals surface area contributed by atoms with Gasteiger partial charge in [0.2, 0.25) is 11.8 Å². The van der Waals surface area contributed by atoms with Crippen LogP contribution in [0.1, 0.15) is 55.5 Å². The van der Waals surface area contributed by atoms with Crippen molar-refractivity contribution < 1.29 is 28.6 Å². The summed E-state index contributed by atoms with van der Waals surface area (Å²) >= 11 is 0. The van der Waals surface area contributed by atoms with E-state index in [-0.39, 0.29) is 17.7 Å². The molecule has 2 aromatic rings. The highest BCUT2D eigenvalue weighted by Gasteiger charge is 2.42. The third-order valence-electron chi connectivity index (χ3n) is 6.99. The van der Waals surface area contributed by atoms with E-state index in [1.165, 1.54) is 0 Å². The quantitative estimate of drug-likeness (QED) is 0.513. The molecule has 2 heterocycles. The fraction of sp³-hybridized carbons (Fsp3) is 0.483. The van der Waals surface area contributed by atoms with Crippen LogP contribution in [-0.4, -0.2) is 73.0 Å². The van der Waals surface area contributed by atoms with Crippen LogP contribution in [0, 0.1) is 0 Å². The SMILES string of the molecule is CCOc1cc(OCC)cc(C(=O)N2CCC[C@@H]2C(=O)N2CCC[C@@H]2C(=O)NCc2cccc(OC)c2)c1. The summed E-state index contributed by atoms with van der Waals surface area (Å²) in [6.07, 6.45) is 2.65. The monoisotopic (exact) mass is 523 g/mol. The van der Waals surface area contributed by atoms with E-state index in [2.05, 4.69) is 5.32 Å². The predicted molar refractivity (Wildman–Crippen MR) is 142 cm³/mol. The second-order valence-electron chi connectivity index (χ2n) is 9.47. The van der Waals surface area contributed by atoms with E-state index >= 15 is 0 Å². The molecule has 2 aromatic carbocycles. The summed E-state index contributed by atoms with van der Waals surface area (Å²) in [7, 11) is 1.60. The number of nitrogens with zero attached hydrogens (tertiary/aromatic N) is 2. The van der Waals surface area contributed by atoms with Crippen LogP contribution in [0.25, 0.3) is 0 Å². The van der Waals surface area contributed by atoms with Gasteiger partial charge in [0, 0.05) is 31.3 Å². The predicted octanol–water partition coefficient (Wildman–Crippen LogP) is 3.40. The zero-order valence-electron chi connectivity index (χ0n) is 22.4. The van der Waals surface area contributed by atoms with Gasteiger partial charge in [-0.05, 0) is 69.4 Å². The van der Waals surface area contributed by atoms with Gasteiger partial charge in [-0.2, -0.15) is 0 Å². The van der Waals surface area contributed by atoms with E-state index in [0.29, 0.717) is 62.8 Å². The van der Waals surface area contributed by atoms with E-state index in [0.717, 1.165) is 24.2 Å². The van der Waals surface area contributed by atoms with Gasteiger partial charge in [0.05, 0.1) is 20.3 Å². The van der Waals surface area contributed by atoms with Crippen LogP contribution in [-0.2, 0) is 16.1 Å². The Labute approximate surface area is 224 Å². The van der Waals surface area contributed by atoms with Crippen LogP contribution in [0.3, 0.4) is 0 Å². The smallest absolute Gasteiger partial charge is 0.254 e. The molecule has 2 saturated heterocycles. The van der Waals surface area contributed by atoms with Crippen molar-refractivity contribution in [2.45, 2.75) is 58.2 Å². The van der Waals surface area contributed by atoms with Gasteiger partial charge in [-0.15, -0.1) is 0 Å². The molecule has 2 atom stereocenters. The molecule has 9 heteroatoms. The molecule has 0 bridgehead atoms. The van der Waals surface area contributed by atoms with Crippen molar-refractivity contribution in [2.24, 2.45) is 0 Å².